The lowest BCUT2D eigenvalue weighted by molar-refractivity contribution is -0.113. The molecule has 152 valence electrons. The van der Waals surface area contributed by atoms with E-state index >= 15 is 0 Å². The molecule has 0 aliphatic heterocycles. The summed E-state index contributed by atoms with van der Waals surface area (Å²) in [6, 6.07) is 12.7. The summed E-state index contributed by atoms with van der Waals surface area (Å²) < 4.78 is 20.1. The number of rotatable bonds is 6. The maximum absolute atomic E-state index is 13.7. The van der Waals surface area contributed by atoms with E-state index in [0.717, 1.165) is 11.8 Å². The molecule has 0 bridgehead atoms. The van der Waals surface area contributed by atoms with Crippen molar-refractivity contribution >= 4 is 29.1 Å². The second kappa shape index (κ2) is 8.33. The van der Waals surface area contributed by atoms with E-state index in [1.807, 2.05) is 0 Å². The van der Waals surface area contributed by atoms with Gasteiger partial charge in [-0.15, -0.1) is 10.2 Å². The molecule has 0 atom stereocenters. The summed E-state index contributed by atoms with van der Waals surface area (Å²) in [5, 5.41) is 15.0. The van der Waals surface area contributed by atoms with Crippen molar-refractivity contribution in [1.29, 1.82) is 0 Å². The molecule has 2 N–H and O–H groups in total. The zero-order valence-corrected chi connectivity index (χ0v) is 16.4. The van der Waals surface area contributed by atoms with Gasteiger partial charge in [-0.1, -0.05) is 23.9 Å². The van der Waals surface area contributed by atoms with Crippen molar-refractivity contribution in [2.24, 2.45) is 0 Å². The van der Waals surface area contributed by atoms with E-state index in [9.17, 15) is 14.0 Å². The molecule has 0 radical (unpaired) electrons. The van der Waals surface area contributed by atoms with Gasteiger partial charge in [0.15, 0.2) is 5.69 Å². The van der Waals surface area contributed by atoms with Crippen molar-refractivity contribution in [3.05, 3.63) is 64.7 Å². The molecule has 0 aliphatic rings. The molecular weight excluding hydrogens is 411 g/mol. The topological polar surface area (TPSA) is 114 Å². The highest BCUT2D eigenvalue weighted by Crippen LogP contribution is 2.20. The number of nitrogens with one attached hydrogen (secondary N) is 2. The highest BCUT2D eigenvalue weighted by atomic mass is 32.2. The molecule has 2 aromatic heterocycles. The van der Waals surface area contributed by atoms with Gasteiger partial charge in [0.2, 0.25) is 11.1 Å². The van der Waals surface area contributed by atoms with Crippen LogP contribution in [0.1, 0.15) is 0 Å². The number of methoxy groups -OCH3 is 1. The van der Waals surface area contributed by atoms with E-state index in [4.69, 9.17) is 4.74 Å². The monoisotopic (exact) mass is 426 g/mol. The summed E-state index contributed by atoms with van der Waals surface area (Å²) in [5.74, 6) is -0.186. The third-order valence-corrected chi connectivity index (χ3v) is 5.02. The third kappa shape index (κ3) is 4.01. The number of benzene rings is 2. The number of aromatic nitrogens is 5. The number of carbonyl (C=O) groups excluding carboxylic acids is 1. The fourth-order valence-electron chi connectivity index (χ4n) is 2.65. The highest BCUT2D eigenvalue weighted by Gasteiger charge is 2.15. The van der Waals surface area contributed by atoms with Gasteiger partial charge >= 0.3 is 0 Å². The van der Waals surface area contributed by atoms with Crippen LogP contribution < -0.4 is 15.6 Å². The van der Waals surface area contributed by atoms with Crippen molar-refractivity contribution < 1.29 is 13.9 Å². The summed E-state index contributed by atoms with van der Waals surface area (Å²) >= 11 is 1.06. The van der Waals surface area contributed by atoms with Crippen LogP contribution in [0.2, 0.25) is 0 Å². The minimum atomic E-state index is -0.521. The maximum atomic E-state index is 13.7. The molecule has 0 unspecified atom stereocenters. The van der Waals surface area contributed by atoms with E-state index in [2.05, 4.69) is 25.6 Å². The lowest BCUT2D eigenvalue weighted by Gasteiger charge is -2.06. The smallest absolute Gasteiger partial charge is 0.279 e. The quantitative estimate of drug-likeness (QED) is 0.455. The average molecular weight is 426 g/mol. The van der Waals surface area contributed by atoms with Crippen molar-refractivity contribution in [3.63, 3.8) is 0 Å². The van der Waals surface area contributed by atoms with Crippen LogP contribution in [0.15, 0.2) is 58.5 Å². The van der Waals surface area contributed by atoms with Crippen LogP contribution in [-0.4, -0.2) is 43.6 Å². The van der Waals surface area contributed by atoms with Crippen LogP contribution in [0.3, 0.4) is 0 Å². The minimum absolute atomic E-state index is 0.0478. The van der Waals surface area contributed by atoms with Gasteiger partial charge in [-0.3, -0.25) is 14.6 Å². The molecule has 2 heterocycles. The third-order valence-electron chi connectivity index (χ3n) is 4.10. The van der Waals surface area contributed by atoms with E-state index in [1.165, 1.54) is 22.7 Å². The first-order valence-corrected chi connectivity index (χ1v) is 9.71. The van der Waals surface area contributed by atoms with Gasteiger partial charge in [-0.05, 0) is 36.4 Å². The number of para-hydroxylation sites is 1. The molecular formula is C19H15FN6O3S. The van der Waals surface area contributed by atoms with Crippen LogP contribution in [0.4, 0.5) is 10.1 Å². The Labute approximate surface area is 173 Å². The molecule has 0 spiro atoms. The second-order valence-electron chi connectivity index (χ2n) is 6.07. The Bertz CT molecular complexity index is 1270. The first-order chi connectivity index (χ1) is 14.5. The van der Waals surface area contributed by atoms with E-state index in [-0.39, 0.29) is 22.9 Å². The average Bonchev–Trinajstić information content (AvgIpc) is 3.15. The first-order valence-electron chi connectivity index (χ1n) is 8.72. The molecule has 9 nitrogen and oxygen atoms in total. The van der Waals surface area contributed by atoms with E-state index < -0.39 is 17.3 Å². The van der Waals surface area contributed by atoms with Crippen LogP contribution >= 0.6 is 11.8 Å². The Balaban J connectivity index is 1.55. The normalized spacial score (nSPS) is 10.9. The molecule has 11 heteroatoms. The Kier molecular flexibility index (Phi) is 5.44. The number of ether oxygens (including phenoxy) is 1. The highest BCUT2D eigenvalue weighted by molar-refractivity contribution is 7.99. The fraction of sp³-hybridized carbons (Fsp3) is 0.105. The number of anilines is 1. The van der Waals surface area contributed by atoms with Gasteiger partial charge < -0.3 is 10.1 Å². The summed E-state index contributed by atoms with van der Waals surface area (Å²) in [5.41, 5.74) is 0.427. The van der Waals surface area contributed by atoms with Crippen molar-refractivity contribution in [2.45, 2.75) is 5.16 Å². The Morgan fingerprint density at radius 1 is 1.20 bits per heavy atom. The largest absolute Gasteiger partial charge is 0.497 e. The van der Waals surface area contributed by atoms with Gasteiger partial charge in [0, 0.05) is 5.56 Å². The summed E-state index contributed by atoms with van der Waals surface area (Å²) in [6.45, 7) is 0. The number of hydrogen-bond donors (Lipinski definition) is 2. The molecule has 2 aromatic carbocycles. The number of fused-ring (bicyclic) bond motifs is 1. The Morgan fingerprint density at radius 3 is 2.70 bits per heavy atom. The number of aromatic amines is 1. The summed E-state index contributed by atoms with van der Waals surface area (Å²) in [4.78, 5) is 27.1. The van der Waals surface area contributed by atoms with Gasteiger partial charge in [-0.2, -0.15) is 9.61 Å². The zero-order valence-electron chi connectivity index (χ0n) is 15.6. The van der Waals surface area contributed by atoms with Gasteiger partial charge in [0.25, 0.3) is 11.3 Å². The summed E-state index contributed by atoms with van der Waals surface area (Å²) in [6.07, 6.45) is 0. The van der Waals surface area contributed by atoms with E-state index in [1.54, 1.807) is 37.4 Å². The molecule has 0 aliphatic carbocycles. The predicted molar refractivity (Wildman–Crippen MR) is 109 cm³/mol. The Morgan fingerprint density at radius 2 is 1.97 bits per heavy atom. The molecule has 30 heavy (non-hydrogen) atoms. The SMILES string of the molecule is COc1ccc(-c2nn3c(SCC(=O)Nc4ccccc4F)nnc3[nH]c2=O)cc1. The van der Waals surface area contributed by atoms with Crippen molar-refractivity contribution in [3.8, 4) is 17.0 Å². The molecule has 0 saturated heterocycles. The molecule has 0 fully saturated rings. The fourth-order valence-corrected chi connectivity index (χ4v) is 3.33. The van der Waals surface area contributed by atoms with Crippen molar-refractivity contribution in [1.82, 2.24) is 24.8 Å². The van der Waals surface area contributed by atoms with Gasteiger partial charge in [0.1, 0.15) is 11.6 Å². The molecule has 1 amide bonds. The van der Waals surface area contributed by atoms with E-state index in [0.29, 0.717) is 16.5 Å². The first kappa shape index (κ1) is 19.6. The number of amides is 1. The standard InChI is InChI=1S/C19H15FN6O3S/c1-29-12-8-6-11(7-9-12)16-17(28)22-18-23-24-19(26(18)25-16)30-10-15(27)21-14-5-3-2-4-13(14)20/h2-9H,10H2,1H3,(H,21,27)(H,22,23,28). The number of halogens is 1. The van der Waals surface area contributed by atoms with Crippen LogP contribution in [0.5, 0.6) is 5.75 Å². The number of H-pyrrole nitrogens is 1. The molecule has 4 aromatic rings. The summed E-state index contributed by atoms with van der Waals surface area (Å²) in [7, 11) is 1.55. The number of carbonyl (C=O) groups is 1. The molecule has 0 saturated carbocycles. The van der Waals surface area contributed by atoms with Crippen LogP contribution in [0, 0.1) is 5.82 Å². The predicted octanol–water partition coefficient (Wildman–Crippen LogP) is 2.36. The Hall–Kier alpha value is -3.73. The number of thioether (sulfide) groups is 1. The van der Waals surface area contributed by atoms with Gasteiger partial charge in [0.05, 0.1) is 18.6 Å². The van der Waals surface area contributed by atoms with Gasteiger partial charge in [-0.25, -0.2) is 4.39 Å². The zero-order chi connectivity index (χ0) is 21.1. The van der Waals surface area contributed by atoms with Crippen molar-refractivity contribution in [2.75, 3.05) is 18.2 Å². The second-order valence-corrected chi connectivity index (χ2v) is 7.01. The number of hydrogen-bond acceptors (Lipinski definition) is 7. The van der Waals surface area contributed by atoms with Crippen LogP contribution in [-0.2, 0) is 4.79 Å². The van der Waals surface area contributed by atoms with Crippen LogP contribution in [0.25, 0.3) is 17.0 Å². The maximum Gasteiger partial charge on any atom is 0.279 e. The molecule has 4 rings (SSSR count). The lowest BCUT2D eigenvalue weighted by atomic mass is 10.1. The minimum Gasteiger partial charge on any atom is -0.497 e. The number of nitrogens with zero attached hydrogens (tertiary/aromatic N) is 4. The lowest BCUT2D eigenvalue weighted by Crippen LogP contribution is -2.17.